The molecule has 0 N–H and O–H groups in total. The quantitative estimate of drug-likeness (QED) is 0.152. The smallest absolute Gasteiger partial charge is 0.0594 e. The van der Waals surface area contributed by atoms with E-state index in [2.05, 4.69) is 4.90 Å². The minimum Gasteiger partial charge on any atom is -0.379 e. The number of rotatable bonds is 1. The van der Waals surface area contributed by atoms with E-state index in [0.717, 1.165) is 26.3 Å². The van der Waals surface area contributed by atoms with Gasteiger partial charge < -0.3 is 4.74 Å². The second kappa shape index (κ2) is 5.97. The zero-order chi connectivity index (χ0) is 41.8. The highest BCUT2D eigenvalue weighted by atomic mass is 16.5. The number of nitrogens with zero attached hydrogens (tertiary/aromatic N) is 1. The first-order valence-electron chi connectivity index (χ1n) is 27.5. The Morgan fingerprint density at radius 1 is 0.268 bits per heavy atom. The number of hydrogen-bond acceptors (Lipinski definition) is 2. The van der Waals surface area contributed by atoms with E-state index in [1.54, 1.807) is 291 Å². The summed E-state index contributed by atoms with van der Waals surface area (Å²) < 4.78 is 6.45. The number of morpholine rings is 1. The van der Waals surface area contributed by atoms with Crippen LogP contribution in [-0.2, 0) is 15.6 Å². The monoisotopic (exact) mass is 873 g/mol. The van der Waals surface area contributed by atoms with E-state index in [1.165, 1.54) is 19.3 Å². The van der Waals surface area contributed by atoms with Gasteiger partial charge in [0.1, 0.15) is 0 Å². The molecule has 2 unspecified atom stereocenters. The molecule has 2 saturated carbocycles. The third kappa shape index (κ3) is 1.37. The topological polar surface area (TPSA) is 12.5 Å². The first-order chi connectivity index (χ1) is 35.4. The lowest BCUT2D eigenvalue weighted by Crippen LogP contribution is -2.85. The summed E-state index contributed by atoms with van der Waals surface area (Å²) in [5.41, 5.74) is 7.30. The van der Waals surface area contributed by atoms with Crippen LogP contribution in [0.3, 0.4) is 0 Å². The van der Waals surface area contributed by atoms with Crippen LogP contribution in [0.25, 0.3) is 291 Å². The molecule has 0 bridgehead atoms. The molecule has 28 aromatic rings. The van der Waals surface area contributed by atoms with Crippen LogP contribution in [0, 0.1) is 5.92 Å². The summed E-state index contributed by atoms with van der Waals surface area (Å²) in [7, 11) is 0. The average molecular weight is 874 g/mol. The lowest BCUT2D eigenvalue weighted by atomic mass is 9.27. The molecule has 302 valence electrons. The van der Waals surface area contributed by atoms with E-state index >= 15 is 0 Å². The predicted molar refractivity (Wildman–Crippen MR) is 296 cm³/mol. The molecule has 0 amide bonds. The largest absolute Gasteiger partial charge is 0.379 e. The Balaban J connectivity index is 1.16. The van der Waals surface area contributed by atoms with Gasteiger partial charge in [0.05, 0.1) is 18.6 Å². The van der Waals surface area contributed by atoms with Crippen molar-refractivity contribution in [3.63, 3.8) is 0 Å². The third-order valence-electron chi connectivity index (χ3n) is 27.8. The average Bonchev–Trinajstić information content (AvgIpc) is 4.40. The van der Waals surface area contributed by atoms with Crippen molar-refractivity contribution in [2.75, 3.05) is 26.3 Å². The van der Waals surface area contributed by atoms with E-state index in [-0.39, 0.29) is 16.4 Å². The summed E-state index contributed by atoms with van der Waals surface area (Å²) in [6, 6.07) is 0. The molecule has 0 aromatic heterocycles. The van der Waals surface area contributed by atoms with Crippen molar-refractivity contribution in [3.05, 3.63) is 22.3 Å². The fraction of sp³-hybridized carbons (Fsp3) is 0.159. The lowest BCUT2D eigenvalue weighted by Gasteiger charge is -2.78. The van der Waals surface area contributed by atoms with Crippen LogP contribution in [0.15, 0.2) is 0 Å². The molecule has 2 heteroatoms. The van der Waals surface area contributed by atoms with E-state index < -0.39 is 0 Å². The van der Waals surface area contributed by atoms with E-state index in [1.807, 2.05) is 22.3 Å². The van der Waals surface area contributed by atoms with Gasteiger partial charge in [-0.25, -0.2) is 0 Å². The van der Waals surface area contributed by atoms with Crippen molar-refractivity contribution >= 4 is 291 Å². The maximum Gasteiger partial charge on any atom is 0.0594 e. The molecule has 2 spiro atoms. The third-order valence-corrected chi connectivity index (χ3v) is 27.8. The Kier molecular flexibility index (Phi) is 2.23. The maximum atomic E-state index is 6.45. The molecule has 1 aliphatic heterocycles. The Morgan fingerprint density at radius 3 is 0.718 bits per heavy atom. The highest BCUT2D eigenvalue weighted by Gasteiger charge is 2.89. The molecular formula is C69H15NO. The first kappa shape index (κ1) is 26.6. The predicted octanol–water partition coefficient (Wildman–Crippen LogP) is 17.2. The summed E-state index contributed by atoms with van der Waals surface area (Å²) >= 11 is 0. The molecule has 35 rings (SSSR count). The standard InChI is InChI=1S/C69H15NO/c1-2-8-67(3-1,70-4-6-71-7-5-70)69-65-59-53-43-31-23-15-11-9-10-13-17(15)25(31)35-29-21(13)22-14(10)18-16-12(9)20-19(11)27-33(23)41-47-37(27)38-28(20)34-24(16)32-26(18)36-30(22)40-39(29)51(45(35)53)61(65)62-52(40)46(36)54-44(32)50-42(34)48(38)56-55(47)63(57(59)49(41)43)68(8,69)64(56)58(50)60(54)66(62)69/h8H,1-7H2. The Hall–Kier alpha value is -7.62. The Labute approximate surface area is 388 Å². The van der Waals surface area contributed by atoms with Crippen molar-refractivity contribution in [1.82, 2.24) is 4.90 Å². The number of fused-ring (bicyclic) bond motifs is 1. The summed E-state index contributed by atoms with van der Waals surface area (Å²) in [5.74, 6) is 0.573. The van der Waals surface area contributed by atoms with Crippen molar-refractivity contribution in [2.24, 2.45) is 5.92 Å². The molecule has 71 heavy (non-hydrogen) atoms. The lowest BCUT2D eigenvalue weighted by molar-refractivity contribution is -0.165. The Bertz CT molecular complexity index is 7080. The molecule has 7 aliphatic rings. The van der Waals surface area contributed by atoms with Gasteiger partial charge in [-0.2, -0.15) is 0 Å². The van der Waals surface area contributed by atoms with Gasteiger partial charge >= 0.3 is 0 Å². The Morgan fingerprint density at radius 2 is 0.479 bits per heavy atom. The van der Waals surface area contributed by atoms with Crippen LogP contribution < -0.4 is 0 Å². The van der Waals surface area contributed by atoms with Crippen LogP contribution in [0.5, 0.6) is 0 Å². The number of benzene rings is 18. The molecular weight excluding hydrogens is 859 g/mol. The van der Waals surface area contributed by atoms with Gasteiger partial charge in [0.25, 0.3) is 0 Å². The van der Waals surface area contributed by atoms with Gasteiger partial charge in [0.15, 0.2) is 0 Å². The fourth-order valence-corrected chi connectivity index (χ4v) is 28.2. The molecule has 3 fully saturated rings. The summed E-state index contributed by atoms with van der Waals surface area (Å²) in [6.07, 6.45) is 4.00. The summed E-state index contributed by atoms with van der Waals surface area (Å²) in [4.78, 5) is 3.17. The van der Waals surface area contributed by atoms with Crippen LogP contribution in [0.2, 0.25) is 0 Å². The van der Waals surface area contributed by atoms with Crippen LogP contribution >= 0.6 is 0 Å². The second-order valence-electron chi connectivity index (χ2n) is 27.3. The van der Waals surface area contributed by atoms with Crippen molar-refractivity contribution < 1.29 is 4.74 Å². The van der Waals surface area contributed by atoms with Crippen LogP contribution in [0.4, 0.5) is 0 Å². The van der Waals surface area contributed by atoms with Crippen molar-refractivity contribution in [2.45, 2.75) is 35.6 Å². The molecule has 2 atom stereocenters. The van der Waals surface area contributed by atoms with Crippen molar-refractivity contribution in [3.8, 4) is 0 Å². The van der Waals surface area contributed by atoms with E-state index in [9.17, 15) is 0 Å². The van der Waals surface area contributed by atoms with Gasteiger partial charge in [0, 0.05) is 24.0 Å². The molecule has 2 nitrogen and oxygen atoms in total. The minimum absolute atomic E-state index is 0.0417. The van der Waals surface area contributed by atoms with Gasteiger partial charge in [-0.3, -0.25) is 4.90 Å². The highest BCUT2D eigenvalue weighted by molar-refractivity contribution is 6.82. The molecule has 1 saturated heterocycles. The first-order valence-corrected chi connectivity index (χ1v) is 27.5. The maximum absolute atomic E-state index is 6.45. The summed E-state index contributed by atoms with van der Waals surface area (Å²) in [6.45, 7) is 3.88. The van der Waals surface area contributed by atoms with Crippen LogP contribution in [0.1, 0.15) is 41.5 Å². The second-order valence-corrected chi connectivity index (χ2v) is 27.3. The van der Waals surface area contributed by atoms with Gasteiger partial charge in [0.2, 0.25) is 0 Å². The number of ether oxygens (including phenoxy) is 1. The van der Waals surface area contributed by atoms with Crippen LogP contribution in [-0.4, -0.2) is 36.7 Å². The molecule has 6 aliphatic carbocycles. The van der Waals surface area contributed by atoms with E-state index in [4.69, 9.17) is 4.74 Å². The fourth-order valence-electron chi connectivity index (χ4n) is 28.2. The van der Waals surface area contributed by atoms with Crippen molar-refractivity contribution in [1.29, 1.82) is 0 Å². The minimum atomic E-state index is -0.149. The zero-order valence-electron chi connectivity index (χ0n) is 36.9. The molecule has 1 heterocycles. The van der Waals surface area contributed by atoms with Gasteiger partial charge in [-0.15, -0.1) is 0 Å². The molecule has 0 radical (unpaired) electrons. The SMILES string of the molecule is C1CC2C34c5c6c7c8c9c%10c(c%11c%12c3c3c5c5c%13c6c6c7c7c9c9c%14c%10c%10c%11c%11c%12c%12c3c3c5c5c%13c%13c6c6c7c9c7c9c%14c%10c%10c%11c%11c%12c3c3c5c5c%13c6c7c6c9c%10c%11c3c56)C84C2(N2CCOCC2)C1. The highest BCUT2D eigenvalue weighted by Crippen LogP contribution is 2.92. The molecule has 28 aromatic carbocycles. The normalized spacial score (nSPS) is 27.8. The number of hydrogen-bond donors (Lipinski definition) is 0. The summed E-state index contributed by atoms with van der Waals surface area (Å²) in [5, 5.41) is 92.4. The van der Waals surface area contributed by atoms with E-state index in [0.29, 0.717) is 5.92 Å². The van der Waals surface area contributed by atoms with Gasteiger partial charge in [-0.05, 0) is 332 Å². The zero-order valence-corrected chi connectivity index (χ0v) is 36.9. The van der Waals surface area contributed by atoms with Gasteiger partial charge in [-0.1, -0.05) is 6.42 Å².